The maximum atomic E-state index is 5.85. The molecule has 1 aliphatic heterocycles. The fourth-order valence-electron chi connectivity index (χ4n) is 2.92. The Bertz CT molecular complexity index is 815. The molecule has 25 heavy (non-hydrogen) atoms. The second-order valence-electron chi connectivity index (χ2n) is 6.17. The van der Waals surface area contributed by atoms with Gasteiger partial charge in [-0.15, -0.1) is 10.2 Å². The van der Waals surface area contributed by atoms with E-state index in [0.29, 0.717) is 19.0 Å². The number of nitrogens with zero attached hydrogens (tertiary/aromatic N) is 6. The summed E-state index contributed by atoms with van der Waals surface area (Å²) in [6.45, 7) is 5.58. The highest BCUT2D eigenvalue weighted by molar-refractivity contribution is 5.14. The van der Waals surface area contributed by atoms with E-state index in [2.05, 4.69) is 49.7 Å². The average molecular weight is 340 g/mol. The van der Waals surface area contributed by atoms with E-state index in [9.17, 15) is 0 Å². The summed E-state index contributed by atoms with van der Waals surface area (Å²) in [5, 5.41) is 16.5. The molecule has 0 spiro atoms. The third-order valence-electron chi connectivity index (χ3n) is 4.32. The van der Waals surface area contributed by atoms with E-state index in [1.807, 2.05) is 13.0 Å². The molecule has 0 bridgehead atoms. The third kappa shape index (κ3) is 3.75. The first-order valence-electron chi connectivity index (χ1n) is 8.33. The van der Waals surface area contributed by atoms with Crippen molar-refractivity contribution >= 4 is 0 Å². The molecule has 1 saturated heterocycles. The number of tetrazole rings is 1. The highest BCUT2D eigenvalue weighted by Gasteiger charge is 2.26. The van der Waals surface area contributed by atoms with Crippen molar-refractivity contribution in [2.75, 3.05) is 19.7 Å². The molecular formula is C17H20N6O2. The molecule has 130 valence electrons. The number of morpholine rings is 1. The van der Waals surface area contributed by atoms with Crippen LogP contribution >= 0.6 is 0 Å². The second-order valence-corrected chi connectivity index (χ2v) is 6.17. The van der Waals surface area contributed by atoms with Gasteiger partial charge in [-0.3, -0.25) is 4.90 Å². The normalized spacial score (nSPS) is 18.5. The molecule has 1 unspecified atom stereocenters. The first kappa shape index (κ1) is 15.9. The largest absolute Gasteiger partial charge is 0.367 e. The Balaban J connectivity index is 1.40. The Kier molecular flexibility index (Phi) is 4.53. The summed E-state index contributed by atoms with van der Waals surface area (Å²) >= 11 is 0. The molecule has 1 atom stereocenters. The van der Waals surface area contributed by atoms with Gasteiger partial charge in [0.15, 0.2) is 0 Å². The predicted octanol–water partition coefficient (Wildman–Crippen LogP) is 1.59. The minimum atomic E-state index is -0.158. The average Bonchev–Trinajstić information content (AvgIpc) is 3.26. The number of rotatable bonds is 5. The van der Waals surface area contributed by atoms with E-state index in [4.69, 9.17) is 9.26 Å². The first-order chi connectivity index (χ1) is 12.3. The fraction of sp³-hybridized carbons (Fsp3) is 0.412. The van der Waals surface area contributed by atoms with E-state index in [-0.39, 0.29) is 6.10 Å². The lowest BCUT2D eigenvalue weighted by molar-refractivity contribution is -0.0373. The number of aromatic nitrogens is 5. The van der Waals surface area contributed by atoms with Gasteiger partial charge >= 0.3 is 0 Å². The van der Waals surface area contributed by atoms with Crippen LogP contribution in [0.4, 0.5) is 0 Å². The number of aryl methyl sites for hydroxylation is 1. The van der Waals surface area contributed by atoms with Gasteiger partial charge in [0.25, 0.3) is 0 Å². The van der Waals surface area contributed by atoms with Gasteiger partial charge < -0.3 is 9.26 Å². The Hall–Kier alpha value is -2.58. The highest BCUT2D eigenvalue weighted by atomic mass is 16.5. The molecule has 8 nitrogen and oxygen atoms in total. The molecule has 1 aromatic carbocycles. The quantitative estimate of drug-likeness (QED) is 0.697. The third-order valence-corrected chi connectivity index (χ3v) is 4.32. The van der Waals surface area contributed by atoms with Gasteiger partial charge in [0.1, 0.15) is 11.9 Å². The zero-order chi connectivity index (χ0) is 17.1. The number of benzene rings is 1. The Morgan fingerprint density at radius 1 is 1.20 bits per heavy atom. The Morgan fingerprint density at radius 2 is 2.08 bits per heavy atom. The molecule has 1 fully saturated rings. The van der Waals surface area contributed by atoms with Crippen LogP contribution in [0.25, 0.3) is 0 Å². The second kappa shape index (κ2) is 7.12. The van der Waals surface area contributed by atoms with Crippen LogP contribution < -0.4 is 0 Å². The molecule has 2 aromatic heterocycles. The van der Waals surface area contributed by atoms with Crippen LogP contribution in [0.5, 0.6) is 0 Å². The lowest BCUT2D eigenvalue weighted by Crippen LogP contribution is -2.38. The van der Waals surface area contributed by atoms with Gasteiger partial charge in [0.2, 0.25) is 5.82 Å². The van der Waals surface area contributed by atoms with Crippen LogP contribution in [0, 0.1) is 6.92 Å². The van der Waals surface area contributed by atoms with E-state index >= 15 is 0 Å². The zero-order valence-corrected chi connectivity index (χ0v) is 14.1. The van der Waals surface area contributed by atoms with Crippen molar-refractivity contribution in [3.05, 3.63) is 59.2 Å². The van der Waals surface area contributed by atoms with Gasteiger partial charge in [-0.05, 0) is 17.7 Å². The zero-order valence-electron chi connectivity index (χ0n) is 14.1. The van der Waals surface area contributed by atoms with E-state index in [0.717, 1.165) is 31.0 Å². The fourth-order valence-corrected chi connectivity index (χ4v) is 2.92. The number of hydrogen-bond acceptors (Lipinski definition) is 7. The van der Waals surface area contributed by atoms with Crippen molar-refractivity contribution in [3.8, 4) is 0 Å². The van der Waals surface area contributed by atoms with E-state index < -0.39 is 0 Å². The van der Waals surface area contributed by atoms with Crippen molar-refractivity contribution in [2.45, 2.75) is 26.1 Å². The van der Waals surface area contributed by atoms with E-state index in [1.54, 1.807) is 11.0 Å². The Labute approximate surface area is 145 Å². The molecule has 3 aromatic rings. The summed E-state index contributed by atoms with van der Waals surface area (Å²) in [6.07, 6.45) is 1.52. The van der Waals surface area contributed by atoms with Crippen LogP contribution in [0.2, 0.25) is 0 Å². The van der Waals surface area contributed by atoms with Gasteiger partial charge in [-0.25, -0.2) is 0 Å². The summed E-state index contributed by atoms with van der Waals surface area (Å²) < 4.78 is 10.9. The topological polar surface area (TPSA) is 82.1 Å². The highest BCUT2D eigenvalue weighted by Crippen LogP contribution is 2.20. The minimum absolute atomic E-state index is 0.158. The summed E-state index contributed by atoms with van der Waals surface area (Å²) in [7, 11) is 0. The summed E-state index contributed by atoms with van der Waals surface area (Å²) in [5.74, 6) is 1.38. The molecule has 4 rings (SSSR count). The molecule has 1 aliphatic rings. The lowest BCUT2D eigenvalue weighted by Gasteiger charge is -2.31. The van der Waals surface area contributed by atoms with Crippen molar-refractivity contribution < 1.29 is 9.26 Å². The predicted molar refractivity (Wildman–Crippen MR) is 88.6 cm³/mol. The maximum Gasteiger partial charge on any atom is 0.204 e. The smallest absolute Gasteiger partial charge is 0.204 e. The first-order valence-corrected chi connectivity index (χ1v) is 8.33. The number of hydrogen-bond donors (Lipinski definition) is 0. The Morgan fingerprint density at radius 3 is 2.88 bits per heavy atom. The molecule has 0 radical (unpaired) electrons. The van der Waals surface area contributed by atoms with Crippen molar-refractivity contribution in [2.24, 2.45) is 0 Å². The van der Waals surface area contributed by atoms with E-state index in [1.165, 1.54) is 5.56 Å². The van der Waals surface area contributed by atoms with Gasteiger partial charge in [-0.1, -0.05) is 35.5 Å². The minimum Gasteiger partial charge on any atom is -0.367 e. The molecule has 8 heteroatoms. The van der Waals surface area contributed by atoms with Crippen LogP contribution in [0.3, 0.4) is 0 Å². The van der Waals surface area contributed by atoms with Gasteiger partial charge in [-0.2, -0.15) is 4.80 Å². The molecule has 0 saturated carbocycles. The monoisotopic (exact) mass is 340 g/mol. The summed E-state index contributed by atoms with van der Waals surface area (Å²) in [4.78, 5) is 3.91. The van der Waals surface area contributed by atoms with Crippen LogP contribution in [0.1, 0.15) is 28.8 Å². The van der Waals surface area contributed by atoms with Crippen molar-refractivity contribution in [1.82, 2.24) is 30.3 Å². The van der Waals surface area contributed by atoms with Crippen molar-refractivity contribution in [3.63, 3.8) is 0 Å². The molecule has 3 heterocycles. The molecule has 0 aliphatic carbocycles. The molecule has 0 N–H and O–H groups in total. The maximum absolute atomic E-state index is 5.85. The lowest BCUT2D eigenvalue weighted by atomic mass is 10.2. The summed E-state index contributed by atoms with van der Waals surface area (Å²) in [6, 6.07) is 10.4. The van der Waals surface area contributed by atoms with Crippen LogP contribution in [0.15, 0.2) is 41.1 Å². The molecule has 0 amide bonds. The van der Waals surface area contributed by atoms with Gasteiger partial charge in [0.05, 0.1) is 19.3 Å². The van der Waals surface area contributed by atoms with Crippen molar-refractivity contribution in [1.29, 1.82) is 0 Å². The van der Waals surface area contributed by atoms with Crippen LogP contribution in [-0.2, 0) is 17.8 Å². The molecular weight excluding hydrogens is 320 g/mol. The van der Waals surface area contributed by atoms with Gasteiger partial charge in [0, 0.05) is 25.2 Å². The van der Waals surface area contributed by atoms with Crippen LogP contribution in [-0.4, -0.2) is 50.0 Å². The SMILES string of the molecule is Cc1oncc1Cn1nnc(C2CN(Cc3ccccc3)CCO2)n1. The standard InChI is InChI=1S/C17H20N6O2/c1-13-15(9-18-25-13)11-23-20-17(19-21-23)16-12-22(7-8-24-16)10-14-5-3-2-4-6-14/h2-6,9,16H,7-8,10-12H2,1H3. The summed E-state index contributed by atoms with van der Waals surface area (Å²) in [5.41, 5.74) is 2.24. The number of ether oxygens (including phenoxy) is 1.